The van der Waals surface area contributed by atoms with Gasteiger partial charge in [0.2, 0.25) is 12.7 Å². The Morgan fingerprint density at radius 3 is 2.37 bits per heavy atom. The van der Waals surface area contributed by atoms with Gasteiger partial charge < -0.3 is 19.5 Å². The van der Waals surface area contributed by atoms with Gasteiger partial charge in [0.1, 0.15) is 0 Å². The number of ether oxygens (including phenoxy) is 2. The van der Waals surface area contributed by atoms with E-state index in [1.165, 1.54) is 5.56 Å². The summed E-state index contributed by atoms with van der Waals surface area (Å²) < 4.78 is 11.1. The Balaban J connectivity index is 1.55. The van der Waals surface area contributed by atoms with Gasteiger partial charge in [-0.25, -0.2) is 0 Å². The van der Waals surface area contributed by atoms with Crippen LogP contribution in [0.15, 0.2) is 48.5 Å². The van der Waals surface area contributed by atoms with Crippen molar-refractivity contribution in [2.45, 2.75) is 70.8 Å². The molecule has 2 aromatic carbocycles. The Hall–Kier alpha value is -3.06. The van der Waals surface area contributed by atoms with Gasteiger partial charge in [0.25, 0.3) is 0 Å². The molecule has 1 amide bonds. The highest BCUT2D eigenvalue weighted by atomic mass is 16.7. The Morgan fingerprint density at radius 1 is 0.974 bits per heavy atom. The molecule has 1 saturated heterocycles. The van der Waals surface area contributed by atoms with E-state index >= 15 is 0 Å². The molecular weight excluding hydrogens is 480 g/mol. The van der Waals surface area contributed by atoms with Crippen LogP contribution in [0.1, 0.15) is 69.4 Å². The van der Waals surface area contributed by atoms with Crippen LogP contribution in [-0.2, 0) is 16.0 Å². The van der Waals surface area contributed by atoms with E-state index in [1.54, 1.807) is 0 Å². The van der Waals surface area contributed by atoms with Gasteiger partial charge in [0, 0.05) is 31.6 Å². The number of likely N-dealkylation sites (tertiary alicyclic amines) is 1. The van der Waals surface area contributed by atoms with Crippen molar-refractivity contribution >= 4 is 11.9 Å². The van der Waals surface area contributed by atoms with Crippen molar-refractivity contribution in [3.8, 4) is 11.5 Å². The Labute approximate surface area is 226 Å². The number of amides is 1. The van der Waals surface area contributed by atoms with Gasteiger partial charge in [-0.1, -0.05) is 63.1 Å². The number of benzene rings is 2. The number of carboxylic acids is 1. The van der Waals surface area contributed by atoms with Gasteiger partial charge in [0.05, 0.1) is 12.5 Å². The zero-order valence-electron chi connectivity index (χ0n) is 22.8. The molecule has 2 aromatic rings. The fourth-order valence-electron chi connectivity index (χ4n) is 5.83. The van der Waals surface area contributed by atoms with Crippen LogP contribution in [0.3, 0.4) is 0 Å². The number of nitrogens with zero attached hydrogens (tertiary/aromatic N) is 2. The lowest BCUT2D eigenvalue weighted by atomic mass is 9.83. The summed E-state index contributed by atoms with van der Waals surface area (Å²) in [5.41, 5.74) is 2.18. The van der Waals surface area contributed by atoms with Crippen LogP contribution in [0, 0.1) is 5.92 Å². The number of carbonyl (C=O) groups excluding carboxylic acids is 1. The Kier molecular flexibility index (Phi) is 10.0. The molecule has 206 valence electrons. The van der Waals surface area contributed by atoms with Gasteiger partial charge in [0.15, 0.2) is 11.5 Å². The molecule has 0 spiro atoms. The molecule has 0 aromatic heterocycles. The second-order valence-corrected chi connectivity index (χ2v) is 10.5. The van der Waals surface area contributed by atoms with E-state index in [0.717, 1.165) is 63.6 Å². The second kappa shape index (κ2) is 13.7. The summed E-state index contributed by atoms with van der Waals surface area (Å²) in [4.78, 5) is 30.4. The quantitative estimate of drug-likeness (QED) is 0.361. The molecule has 2 aliphatic heterocycles. The average molecular weight is 523 g/mol. The molecule has 0 bridgehead atoms. The third kappa shape index (κ3) is 6.87. The van der Waals surface area contributed by atoms with Gasteiger partial charge in [-0.3, -0.25) is 14.5 Å². The SMILES string of the molecule is CCCCN(CCCC)C(=O)CN1CC(c2ccc3c(c2)OCO3)C(C(=O)O)C1CCCc1ccccc1. The number of carbonyl (C=O) groups is 2. The minimum Gasteiger partial charge on any atom is -0.481 e. The van der Waals surface area contributed by atoms with Crippen LogP contribution in [0.2, 0.25) is 0 Å². The molecule has 0 radical (unpaired) electrons. The first kappa shape index (κ1) is 28.0. The minimum absolute atomic E-state index is 0.107. The lowest BCUT2D eigenvalue weighted by Crippen LogP contribution is -2.44. The van der Waals surface area contributed by atoms with Gasteiger partial charge in [-0.15, -0.1) is 0 Å². The fraction of sp³-hybridized carbons (Fsp3) is 0.548. The Bertz CT molecular complexity index is 1050. The Morgan fingerprint density at radius 2 is 1.68 bits per heavy atom. The first-order valence-corrected chi connectivity index (χ1v) is 14.2. The predicted octanol–water partition coefficient (Wildman–Crippen LogP) is 5.34. The number of unbranched alkanes of at least 4 members (excludes halogenated alkanes) is 2. The van der Waals surface area contributed by atoms with Crippen molar-refractivity contribution in [3.63, 3.8) is 0 Å². The van der Waals surface area contributed by atoms with E-state index in [4.69, 9.17) is 9.47 Å². The molecular formula is C31H42N2O5. The molecule has 3 atom stereocenters. The number of aryl methyl sites for hydroxylation is 1. The fourth-order valence-corrected chi connectivity index (χ4v) is 5.83. The molecule has 1 fully saturated rings. The molecule has 2 aliphatic rings. The lowest BCUT2D eigenvalue weighted by Gasteiger charge is -2.30. The first-order chi connectivity index (χ1) is 18.5. The van der Waals surface area contributed by atoms with Gasteiger partial charge in [-0.2, -0.15) is 0 Å². The van der Waals surface area contributed by atoms with E-state index in [2.05, 4.69) is 30.9 Å². The van der Waals surface area contributed by atoms with E-state index in [0.29, 0.717) is 18.0 Å². The van der Waals surface area contributed by atoms with E-state index in [1.807, 2.05) is 41.3 Å². The van der Waals surface area contributed by atoms with E-state index in [9.17, 15) is 14.7 Å². The molecule has 2 heterocycles. The normalized spacial score (nSPS) is 20.5. The maximum Gasteiger partial charge on any atom is 0.308 e. The number of fused-ring (bicyclic) bond motifs is 1. The summed E-state index contributed by atoms with van der Waals surface area (Å²) >= 11 is 0. The largest absolute Gasteiger partial charge is 0.481 e. The number of hydrogen-bond donors (Lipinski definition) is 1. The van der Waals surface area contributed by atoms with Crippen molar-refractivity contribution in [1.82, 2.24) is 9.80 Å². The standard InChI is InChI=1S/C31H42N2O5/c1-3-5-17-32(18-6-4-2)29(34)21-33-20-25(24-15-16-27-28(19-24)38-22-37-27)30(31(35)36)26(33)14-10-13-23-11-8-7-9-12-23/h7-9,11-12,15-16,19,25-26,30H,3-6,10,13-14,17-18,20-22H2,1-2H3,(H,35,36). The van der Waals surface area contributed by atoms with Gasteiger partial charge in [-0.05, 0) is 55.4 Å². The topological polar surface area (TPSA) is 79.3 Å². The van der Waals surface area contributed by atoms with Crippen LogP contribution in [0.4, 0.5) is 0 Å². The second-order valence-electron chi connectivity index (χ2n) is 10.5. The van der Waals surface area contributed by atoms with Crippen LogP contribution in [0.25, 0.3) is 0 Å². The molecule has 7 nitrogen and oxygen atoms in total. The molecule has 1 N–H and O–H groups in total. The van der Waals surface area contributed by atoms with Crippen molar-refractivity contribution in [2.75, 3.05) is 33.0 Å². The van der Waals surface area contributed by atoms with Crippen molar-refractivity contribution in [2.24, 2.45) is 5.92 Å². The van der Waals surface area contributed by atoms with Crippen LogP contribution in [-0.4, -0.2) is 65.8 Å². The third-order valence-electron chi connectivity index (χ3n) is 7.92. The summed E-state index contributed by atoms with van der Waals surface area (Å²) in [7, 11) is 0. The smallest absolute Gasteiger partial charge is 0.308 e. The van der Waals surface area contributed by atoms with E-state index in [-0.39, 0.29) is 31.2 Å². The molecule has 4 rings (SSSR count). The summed E-state index contributed by atoms with van der Waals surface area (Å²) in [6, 6.07) is 15.8. The van der Waals surface area contributed by atoms with Crippen LogP contribution in [0.5, 0.6) is 11.5 Å². The first-order valence-electron chi connectivity index (χ1n) is 14.2. The number of aliphatic carboxylic acids is 1. The van der Waals surface area contributed by atoms with Gasteiger partial charge >= 0.3 is 5.97 Å². The summed E-state index contributed by atoms with van der Waals surface area (Å²) in [5.74, 6) is -0.175. The van der Waals surface area contributed by atoms with Crippen molar-refractivity contribution < 1.29 is 24.2 Å². The highest BCUT2D eigenvalue weighted by Crippen LogP contribution is 2.43. The maximum atomic E-state index is 13.5. The zero-order chi connectivity index (χ0) is 26.9. The van der Waals surface area contributed by atoms with Crippen molar-refractivity contribution in [3.05, 3.63) is 59.7 Å². The summed E-state index contributed by atoms with van der Waals surface area (Å²) in [6.07, 6.45) is 6.51. The molecule has 38 heavy (non-hydrogen) atoms. The van der Waals surface area contributed by atoms with Crippen LogP contribution >= 0.6 is 0 Å². The third-order valence-corrected chi connectivity index (χ3v) is 7.92. The average Bonchev–Trinajstić information content (AvgIpc) is 3.53. The summed E-state index contributed by atoms with van der Waals surface area (Å²) in [5, 5.41) is 10.4. The van der Waals surface area contributed by atoms with E-state index < -0.39 is 11.9 Å². The minimum atomic E-state index is -0.804. The highest BCUT2D eigenvalue weighted by Gasteiger charge is 2.47. The zero-order valence-corrected chi connectivity index (χ0v) is 22.8. The molecule has 3 unspecified atom stereocenters. The van der Waals surface area contributed by atoms with Crippen LogP contribution < -0.4 is 9.47 Å². The number of rotatable bonds is 14. The highest BCUT2D eigenvalue weighted by molar-refractivity contribution is 5.79. The number of hydrogen-bond acceptors (Lipinski definition) is 5. The monoisotopic (exact) mass is 522 g/mol. The lowest BCUT2D eigenvalue weighted by molar-refractivity contribution is -0.143. The molecule has 7 heteroatoms. The summed E-state index contributed by atoms with van der Waals surface area (Å²) in [6.45, 7) is 6.77. The number of carboxylic acid groups (broad SMARTS) is 1. The maximum absolute atomic E-state index is 13.5. The molecule has 0 aliphatic carbocycles. The predicted molar refractivity (Wildman–Crippen MR) is 148 cm³/mol. The van der Waals surface area contributed by atoms with Crippen molar-refractivity contribution in [1.29, 1.82) is 0 Å². The molecule has 0 saturated carbocycles.